The van der Waals surface area contributed by atoms with Gasteiger partial charge >= 0.3 is 5.97 Å². The Labute approximate surface area is 82.0 Å². The summed E-state index contributed by atoms with van der Waals surface area (Å²) in [5, 5.41) is 7.26. The van der Waals surface area contributed by atoms with Crippen molar-refractivity contribution in [2.75, 3.05) is 19.7 Å². The van der Waals surface area contributed by atoms with E-state index in [2.05, 4.69) is 10.4 Å². The molecule has 0 aromatic carbocycles. The molecule has 5 nitrogen and oxygen atoms in total. The van der Waals surface area contributed by atoms with Crippen molar-refractivity contribution >= 4 is 5.97 Å². The van der Waals surface area contributed by atoms with Crippen molar-refractivity contribution in [1.82, 2.24) is 15.1 Å². The molecule has 1 aromatic rings. The van der Waals surface area contributed by atoms with Crippen LogP contribution in [0.1, 0.15) is 23.3 Å². The van der Waals surface area contributed by atoms with Gasteiger partial charge in [-0.15, -0.1) is 0 Å². The number of ether oxygens (including phenoxy) is 1. The first-order valence-electron chi connectivity index (χ1n) is 4.73. The van der Waals surface area contributed by atoms with Gasteiger partial charge in [-0.05, 0) is 6.92 Å². The van der Waals surface area contributed by atoms with Gasteiger partial charge in [0, 0.05) is 19.3 Å². The lowest BCUT2D eigenvalue weighted by atomic mass is 10.2. The van der Waals surface area contributed by atoms with E-state index in [4.69, 9.17) is 4.74 Å². The van der Waals surface area contributed by atoms with Crippen LogP contribution in [-0.2, 0) is 4.74 Å². The highest BCUT2D eigenvalue weighted by atomic mass is 16.5. The number of nitrogens with one attached hydrogen (secondary N) is 1. The maximum Gasteiger partial charge on any atom is 0.341 e. The molecular formula is C9H13N3O2. The minimum Gasteiger partial charge on any atom is -0.462 e. The van der Waals surface area contributed by atoms with Crippen molar-refractivity contribution in [2.45, 2.75) is 13.0 Å². The van der Waals surface area contributed by atoms with Gasteiger partial charge in [-0.25, -0.2) is 4.79 Å². The summed E-state index contributed by atoms with van der Waals surface area (Å²) < 4.78 is 6.67. The van der Waals surface area contributed by atoms with E-state index in [-0.39, 0.29) is 5.97 Å². The zero-order chi connectivity index (χ0) is 9.97. The second-order valence-electron chi connectivity index (χ2n) is 3.24. The second-order valence-corrected chi connectivity index (χ2v) is 3.24. The van der Waals surface area contributed by atoms with E-state index in [0.717, 1.165) is 13.1 Å². The molecular weight excluding hydrogens is 182 g/mol. The fourth-order valence-corrected chi connectivity index (χ4v) is 1.32. The van der Waals surface area contributed by atoms with Crippen molar-refractivity contribution in [2.24, 2.45) is 0 Å². The lowest BCUT2D eigenvalue weighted by Crippen LogP contribution is -2.43. The molecule has 5 heteroatoms. The highest BCUT2D eigenvalue weighted by molar-refractivity contribution is 5.88. The molecule has 0 atom stereocenters. The quantitative estimate of drug-likeness (QED) is 0.700. The Bertz CT molecular complexity index is 331. The first-order chi connectivity index (χ1) is 6.81. The molecule has 0 radical (unpaired) electrons. The number of aromatic nitrogens is 2. The zero-order valence-electron chi connectivity index (χ0n) is 8.06. The van der Waals surface area contributed by atoms with Crippen molar-refractivity contribution in [3.05, 3.63) is 18.0 Å². The largest absolute Gasteiger partial charge is 0.462 e. The molecule has 2 heterocycles. The average molecular weight is 195 g/mol. The van der Waals surface area contributed by atoms with Crippen LogP contribution < -0.4 is 5.32 Å². The van der Waals surface area contributed by atoms with Crippen LogP contribution in [-0.4, -0.2) is 35.4 Å². The van der Waals surface area contributed by atoms with E-state index in [0.29, 0.717) is 18.2 Å². The van der Waals surface area contributed by atoms with Gasteiger partial charge in [-0.1, -0.05) is 0 Å². The number of nitrogens with zero attached hydrogens (tertiary/aromatic N) is 2. The molecule has 76 valence electrons. The first kappa shape index (κ1) is 9.21. The summed E-state index contributed by atoms with van der Waals surface area (Å²) in [6.45, 7) is 4.03. The predicted octanol–water partition coefficient (Wildman–Crippen LogP) is 0.204. The summed E-state index contributed by atoms with van der Waals surface area (Å²) >= 11 is 0. The second kappa shape index (κ2) is 3.79. The van der Waals surface area contributed by atoms with E-state index in [1.54, 1.807) is 19.3 Å². The van der Waals surface area contributed by atoms with Crippen molar-refractivity contribution in [1.29, 1.82) is 0 Å². The molecule has 1 N–H and O–H groups in total. The van der Waals surface area contributed by atoms with Gasteiger partial charge in [0.05, 0.1) is 24.4 Å². The molecule has 14 heavy (non-hydrogen) atoms. The monoisotopic (exact) mass is 195 g/mol. The van der Waals surface area contributed by atoms with Crippen LogP contribution in [0.3, 0.4) is 0 Å². The van der Waals surface area contributed by atoms with E-state index in [9.17, 15) is 4.79 Å². The molecule has 0 aliphatic carbocycles. The third-order valence-electron chi connectivity index (χ3n) is 2.25. The number of hydrogen-bond acceptors (Lipinski definition) is 4. The van der Waals surface area contributed by atoms with Crippen LogP contribution in [0.25, 0.3) is 0 Å². The summed E-state index contributed by atoms with van der Waals surface area (Å²) in [5.41, 5.74) is 0.527. The number of hydrogen-bond donors (Lipinski definition) is 1. The molecule has 0 spiro atoms. The van der Waals surface area contributed by atoms with Crippen molar-refractivity contribution in [3.63, 3.8) is 0 Å². The third-order valence-corrected chi connectivity index (χ3v) is 2.25. The van der Waals surface area contributed by atoms with E-state index >= 15 is 0 Å². The molecule has 0 bridgehead atoms. The minimum absolute atomic E-state index is 0.300. The van der Waals surface area contributed by atoms with Crippen LogP contribution in [0.4, 0.5) is 0 Å². The standard InChI is InChI=1S/C9H13N3O2/c1-2-14-9(13)7-3-11-12(6-7)8-4-10-5-8/h3,6,8,10H,2,4-5H2,1H3. The van der Waals surface area contributed by atoms with Crippen molar-refractivity contribution in [3.8, 4) is 0 Å². The Morgan fingerprint density at radius 1 is 1.79 bits per heavy atom. The molecule has 0 unspecified atom stereocenters. The third kappa shape index (κ3) is 1.63. The van der Waals surface area contributed by atoms with Gasteiger partial charge in [0.25, 0.3) is 0 Å². The molecule has 1 aliphatic rings. The Morgan fingerprint density at radius 2 is 2.57 bits per heavy atom. The molecule has 1 aliphatic heterocycles. The van der Waals surface area contributed by atoms with Gasteiger partial charge in [0.2, 0.25) is 0 Å². The normalized spacial score (nSPS) is 16.4. The van der Waals surface area contributed by atoms with Gasteiger partial charge in [0.1, 0.15) is 0 Å². The van der Waals surface area contributed by atoms with Gasteiger partial charge in [0.15, 0.2) is 0 Å². The van der Waals surface area contributed by atoms with E-state index in [1.165, 1.54) is 0 Å². The number of carbonyl (C=O) groups excluding carboxylic acids is 1. The summed E-state index contributed by atoms with van der Waals surface area (Å²) in [5.74, 6) is -0.300. The lowest BCUT2D eigenvalue weighted by molar-refractivity contribution is 0.0526. The fraction of sp³-hybridized carbons (Fsp3) is 0.556. The molecule has 2 rings (SSSR count). The summed E-state index contributed by atoms with van der Waals surface area (Å²) in [6.07, 6.45) is 3.29. The summed E-state index contributed by atoms with van der Waals surface area (Å²) in [7, 11) is 0. The van der Waals surface area contributed by atoms with E-state index in [1.807, 2.05) is 4.68 Å². The molecule has 1 aromatic heterocycles. The predicted molar refractivity (Wildman–Crippen MR) is 50.1 cm³/mol. The van der Waals surface area contributed by atoms with Crippen LogP contribution in [0, 0.1) is 0 Å². The number of esters is 1. The molecule has 1 fully saturated rings. The smallest absolute Gasteiger partial charge is 0.341 e. The maximum atomic E-state index is 11.3. The first-order valence-corrected chi connectivity index (χ1v) is 4.73. The number of rotatable bonds is 3. The Morgan fingerprint density at radius 3 is 3.14 bits per heavy atom. The highest BCUT2D eigenvalue weighted by Crippen LogP contribution is 2.11. The van der Waals surface area contributed by atoms with Crippen LogP contribution in [0.2, 0.25) is 0 Å². The minimum atomic E-state index is -0.300. The Kier molecular flexibility index (Phi) is 2.49. The van der Waals surface area contributed by atoms with Crippen LogP contribution in [0.5, 0.6) is 0 Å². The Balaban J connectivity index is 2.05. The lowest BCUT2D eigenvalue weighted by Gasteiger charge is -2.27. The van der Waals surface area contributed by atoms with E-state index < -0.39 is 0 Å². The summed E-state index contributed by atoms with van der Waals surface area (Å²) in [4.78, 5) is 11.3. The fourth-order valence-electron chi connectivity index (χ4n) is 1.32. The SMILES string of the molecule is CCOC(=O)c1cnn(C2CNC2)c1. The van der Waals surface area contributed by atoms with Gasteiger partial charge in [-0.3, -0.25) is 4.68 Å². The molecule has 0 amide bonds. The topological polar surface area (TPSA) is 56.1 Å². The molecule has 1 saturated heterocycles. The van der Waals surface area contributed by atoms with Crippen molar-refractivity contribution < 1.29 is 9.53 Å². The number of carbonyl (C=O) groups is 1. The van der Waals surface area contributed by atoms with Gasteiger partial charge < -0.3 is 10.1 Å². The van der Waals surface area contributed by atoms with Crippen LogP contribution >= 0.6 is 0 Å². The maximum absolute atomic E-state index is 11.3. The molecule has 0 saturated carbocycles. The zero-order valence-corrected chi connectivity index (χ0v) is 8.06. The Hall–Kier alpha value is -1.36. The summed E-state index contributed by atoms with van der Waals surface area (Å²) in [6, 6.07) is 0.387. The van der Waals surface area contributed by atoms with Crippen LogP contribution in [0.15, 0.2) is 12.4 Å². The van der Waals surface area contributed by atoms with Gasteiger partial charge in [-0.2, -0.15) is 5.10 Å². The highest BCUT2D eigenvalue weighted by Gasteiger charge is 2.20. The average Bonchev–Trinajstić information content (AvgIpc) is 2.50.